The van der Waals surface area contributed by atoms with Gasteiger partial charge >= 0.3 is 5.97 Å². The third-order valence-corrected chi connectivity index (χ3v) is 4.04. The van der Waals surface area contributed by atoms with Crippen molar-refractivity contribution in [2.24, 2.45) is 0 Å². The summed E-state index contributed by atoms with van der Waals surface area (Å²) in [6, 6.07) is 11.0. The molecule has 2 rings (SSSR count). The highest BCUT2D eigenvalue weighted by atomic mass is 16.6. The molecule has 0 saturated heterocycles. The molecule has 1 N–H and O–H groups in total. The minimum absolute atomic E-state index is 0.0166. The molecule has 2 aromatic carbocycles. The van der Waals surface area contributed by atoms with Crippen LogP contribution >= 0.6 is 0 Å². The molecule has 0 bridgehead atoms. The number of nitrogens with one attached hydrogen (secondary N) is 1. The molecule has 1 amide bonds. The van der Waals surface area contributed by atoms with Gasteiger partial charge in [-0.3, -0.25) is 19.7 Å². The zero-order chi connectivity index (χ0) is 19.3. The zero-order valence-electron chi connectivity index (χ0n) is 14.8. The minimum atomic E-state index is -0.564. The van der Waals surface area contributed by atoms with Gasteiger partial charge in [0.2, 0.25) is 0 Å². The van der Waals surface area contributed by atoms with Gasteiger partial charge in [0.25, 0.3) is 11.6 Å². The summed E-state index contributed by atoms with van der Waals surface area (Å²) in [5, 5.41) is 13.7. The van der Waals surface area contributed by atoms with Gasteiger partial charge in [0.05, 0.1) is 24.5 Å². The molecule has 0 fully saturated rings. The maximum Gasteiger partial charge on any atom is 0.307 e. The molecule has 0 radical (unpaired) electrons. The molecule has 2 aromatic rings. The van der Waals surface area contributed by atoms with Crippen molar-refractivity contribution in [2.45, 2.75) is 26.3 Å². The van der Waals surface area contributed by atoms with E-state index in [1.807, 2.05) is 31.2 Å². The van der Waals surface area contributed by atoms with Crippen molar-refractivity contribution in [1.29, 1.82) is 0 Å². The van der Waals surface area contributed by atoms with E-state index in [0.29, 0.717) is 5.56 Å². The van der Waals surface area contributed by atoms with Crippen LogP contribution in [-0.2, 0) is 9.53 Å². The number of esters is 1. The van der Waals surface area contributed by atoms with Crippen LogP contribution in [0.4, 0.5) is 5.69 Å². The van der Waals surface area contributed by atoms with E-state index in [2.05, 4.69) is 5.32 Å². The largest absolute Gasteiger partial charge is 0.469 e. The van der Waals surface area contributed by atoms with Crippen LogP contribution in [0.5, 0.6) is 0 Å². The number of nitrogens with zero attached hydrogens (tertiary/aromatic N) is 1. The number of methoxy groups -OCH3 is 1. The van der Waals surface area contributed by atoms with E-state index in [1.165, 1.54) is 25.3 Å². The van der Waals surface area contributed by atoms with E-state index in [4.69, 9.17) is 4.74 Å². The van der Waals surface area contributed by atoms with Crippen LogP contribution in [0.2, 0.25) is 0 Å². The first-order valence-corrected chi connectivity index (χ1v) is 8.01. The summed E-state index contributed by atoms with van der Waals surface area (Å²) >= 11 is 0. The highest BCUT2D eigenvalue weighted by Crippen LogP contribution is 2.21. The molecule has 26 heavy (non-hydrogen) atoms. The number of nitro benzene ring substituents is 1. The van der Waals surface area contributed by atoms with Crippen LogP contribution in [0.3, 0.4) is 0 Å². The predicted molar refractivity (Wildman–Crippen MR) is 95.9 cm³/mol. The first-order valence-electron chi connectivity index (χ1n) is 8.01. The summed E-state index contributed by atoms with van der Waals surface area (Å²) in [5.74, 6) is -0.867. The van der Waals surface area contributed by atoms with Crippen LogP contribution in [0, 0.1) is 24.0 Å². The number of amides is 1. The number of aryl methyl sites for hydroxylation is 2. The summed E-state index contributed by atoms with van der Waals surface area (Å²) in [6.07, 6.45) is -0.0166. The molecule has 136 valence electrons. The van der Waals surface area contributed by atoms with Gasteiger partial charge < -0.3 is 10.1 Å². The fraction of sp³-hybridized carbons (Fsp3) is 0.263. The van der Waals surface area contributed by atoms with Crippen LogP contribution < -0.4 is 5.32 Å². The fourth-order valence-corrected chi connectivity index (χ4v) is 2.54. The Bertz CT molecular complexity index is 830. The molecule has 0 aliphatic heterocycles. The Hall–Kier alpha value is -3.22. The number of hydrogen-bond acceptors (Lipinski definition) is 5. The molecule has 0 unspecified atom stereocenters. The number of ether oxygens (including phenoxy) is 1. The van der Waals surface area contributed by atoms with Gasteiger partial charge in [-0.15, -0.1) is 0 Å². The van der Waals surface area contributed by atoms with Crippen molar-refractivity contribution in [3.8, 4) is 0 Å². The first kappa shape index (κ1) is 19.1. The van der Waals surface area contributed by atoms with Gasteiger partial charge in [0, 0.05) is 17.2 Å². The van der Waals surface area contributed by atoms with Crippen molar-refractivity contribution in [2.75, 3.05) is 7.11 Å². The molecule has 0 saturated carbocycles. The quantitative estimate of drug-likeness (QED) is 0.487. The summed E-state index contributed by atoms with van der Waals surface area (Å²) in [6.45, 7) is 3.51. The summed E-state index contributed by atoms with van der Waals surface area (Å²) < 4.78 is 4.71. The number of nitro groups is 1. The van der Waals surface area contributed by atoms with Crippen molar-refractivity contribution in [3.05, 3.63) is 74.8 Å². The Morgan fingerprint density at radius 1 is 1.15 bits per heavy atom. The third-order valence-electron chi connectivity index (χ3n) is 4.04. The second-order valence-electron chi connectivity index (χ2n) is 5.98. The van der Waals surface area contributed by atoms with Gasteiger partial charge in [0.15, 0.2) is 0 Å². The molecule has 0 heterocycles. The van der Waals surface area contributed by atoms with Crippen molar-refractivity contribution < 1.29 is 19.2 Å². The van der Waals surface area contributed by atoms with Crippen molar-refractivity contribution >= 4 is 17.6 Å². The first-order chi connectivity index (χ1) is 12.3. The summed E-state index contributed by atoms with van der Waals surface area (Å²) in [7, 11) is 1.29. The minimum Gasteiger partial charge on any atom is -0.469 e. The molecular formula is C19H20N2O5. The Balaban J connectivity index is 2.25. The van der Waals surface area contributed by atoms with Gasteiger partial charge in [-0.2, -0.15) is 0 Å². The highest BCUT2D eigenvalue weighted by molar-refractivity contribution is 5.95. The lowest BCUT2D eigenvalue weighted by molar-refractivity contribution is -0.385. The van der Waals surface area contributed by atoms with Gasteiger partial charge in [-0.05, 0) is 31.5 Å². The Labute approximate surface area is 151 Å². The predicted octanol–water partition coefficient (Wildman–Crippen LogP) is 3.25. The maximum atomic E-state index is 12.6. The third kappa shape index (κ3) is 4.66. The van der Waals surface area contributed by atoms with Gasteiger partial charge in [-0.25, -0.2) is 0 Å². The van der Waals surface area contributed by atoms with Crippen molar-refractivity contribution in [1.82, 2.24) is 5.32 Å². The van der Waals surface area contributed by atoms with Crippen LogP contribution in [-0.4, -0.2) is 23.9 Å². The van der Waals surface area contributed by atoms with Crippen LogP contribution in [0.1, 0.15) is 39.5 Å². The standard InChI is InChI=1S/C19H20N2O5/c1-12-4-6-14(7-5-12)16(11-18(22)26-3)20-19(23)15-8-9-17(21(24)25)13(2)10-15/h4-10,16H,11H2,1-3H3,(H,20,23)/t16-/m0/s1. The second kappa shape index (κ2) is 8.24. The molecule has 0 aliphatic carbocycles. The fourth-order valence-electron chi connectivity index (χ4n) is 2.54. The lowest BCUT2D eigenvalue weighted by atomic mass is 10.0. The summed E-state index contributed by atoms with van der Waals surface area (Å²) in [4.78, 5) is 34.7. The lowest BCUT2D eigenvalue weighted by Crippen LogP contribution is -2.30. The lowest BCUT2D eigenvalue weighted by Gasteiger charge is -2.18. The average molecular weight is 356 g/mol. The smallest absolute Gasteiger partial charge is 0.307 e. The van der Waals surface area contributed by atoms with E-state index in [0.717, 1.165) is 11.1 Å². The van der Waals surface area contributed by atoms with Gasteiger partial charge in [0.1, 0.15) is 0 Å². The Kier molecular flexibility index (Phi) is 6.06. The number of carbonyl (C=O) groups excluding carboxylic acids is 2. The van der Waals surface area contributed by atoms with E-state index >= 15 is 0 Å². The number of rotatable bonds is 6. The zero-order valence-corrected chi connectivity index (χ0v) is 14.8. The normalized spacial score (nSPS) is 11.5. The molecule has 7 nitrogen and oxygen atoms in total. The average Bonchev–Trinajstić information content (AvgIpc) is 2.61. The SMILES string of the molecule is COC(=O)C[C@H](NC(=O)c1ccc([N+](=O)[O-])c(C)c1)c1ccc(C)cc1. The van der Waals surface area contributed by atoms with E-state index < -0.39 is 22.8 Å². The number of benzene rings is 2. The molecule has 0 spiro atoms. The Morgan fingerprint density at radius 2 is 1.81 bits per heavy atom. The van der Waals surface area contributed by atoms with Gasteiger partial charge in [-0.1, -0.05) is 29.8 Å². The Morgan fingerprint density at radius 3 is 2.35 bits per heavy atom. The topological polar surface area (TPSA) is 98.5 Å². The van der Waals surface area contributed by atoms with E-state index in [-0.39, 0.29) is 17.7 Å². The molecule has 0 aromatic heterocycles. The van der Waals surface area contributed by atoms with Crippen LogP contribution in [0.25, 0.3) is 0 Å². The second-order valence-corrected chi connectivity index (χ2v) is 5.98. The number of hydrogen-bond donors (Lipinski definition) is 1. The van der Waals surface area contributed by atoms with Crippen LogP contribution in [0.15, 0.2) is 42.5 Å². The van der Waals surface area contributed by atoms with E-state index in [9.17, 15) is 19.7 Å². The number of carbonyl (C=O) groups is 2. The molecule has 1 atom stereocenters. The molecular weight excluding hydrogens is 336 g/mol. The monoisotopic (exact) mass is 356 g/mol. The highest BCUT2D eigenvalue weighted by Gasteiger charge is 2.21. The summed E-state index contributed by atoms with van der Waals surface area (Å²) in [5.41, 5.74) is 2.46. The van der Waals surface area contributed by atoms with E-state index in [1.54, 1.807) is 6.92 Å². The molecule has 0 aliphatic rings. The molecule has 7 heteroatoms. The van der Waals surface area contributed by atoms with Crippen molar-refractivity contribution in [3.63, 3.8) is 0 Å². The maximum absolute atomic E-state index is 12.6.